The van der Waals surface area contributed by atoms with Gasteiger partial charge in [0.05, 0.1) is 11.3 Å². The number of imide groups is 1. The maximum absolute atomic E-state index is 14.0. The van der Waals surface area contributed by atoms with E-state index in [1.807, 2.05) is 70.2 Å². The maximum Gasteiger partial charge on any atom is 0.282 e. The molecule has 5 rings (SSSR count). The van der Waals surface area contributed by atoms with Crippen molar-refractivity contribution in [1.29, 1.82) is 0 Å². The van der Waals surface area contributed by atoms with Crippen LogP contribution < -0.4 is 9.80 Å². The van der Waals surface area contributed by atoms with Gasteiger partial charge in [-0.15, -0.1) is 0 Å². The van der Waals surface area contributed by atoms with Gasteiger partial charge in [0.1, 0.15) is 5.70 Å². The summed E-state index contributed by atoms with van der Waals surface area (Å²) in [6, 6.07) is 20.1. The first kappa shape index (κ1) is 21.2. The molecular weight excluding hydrogens is 408 g/mol. The van der Waals surface area contributed by atoms with Crippen molar-refractivity contribution < 1.29 is 9.59 Å². The first-order valence-corrected chi connectivity index (χ1v) is 11.5. The lowest BCUT2D eigenvalue weighted by Crippen LogP contribution is -2.37. The lowest BCUT2D eigenvalue weighted by molar-refractivity contribution is -0.120. The van der Waals surface area contributed by atoms with Crippen molar-refractivity contribution in [3.05, 3.63) is 99.7 Å². The smallest absolute Gasteiger partial charge is 0.282 e. The molecule has 2 aliphatic rings. The Morgan fingerprint density at radius 1 is 0.727 bits per heavy atom. The molecule has 0 radical (unpaired) electrons. The van der Waals surface area contributed by atoms with E-state index >= 15 is 0 Å². The van der Waals surface area contributed by atoms with Gasteiger partial charge in [0.2, 0.25) is 0 Å². The highest BCUT2D eigenvalue weighted by molar-refractivity contribution is 6.46. The molecule has 0 atom stereocenters. The summed E-state index contributed by atoms with van der Waals surface area (Å²) in [6.07, 6.45) is 1.91. The van der Waals surface area contributed by atoms with E-state index in [2.05, 4.69) is 23.1 Å². The van der Waals surface area contributed by atoms with Crippen LogP contribution >= 0.6 is 0 Å². The average Bonchev–Trinajstić information content (AvgIpc) is 3.03. The fourth-order valence-corrected chi connectivity index (χ4v) is 5.15. The van der Waals surface area contributed by atoms with Gasteiger partial charge in [0.25, 0.3) is 11.8 Å². The van der Waals surface area contributed by atoms with E-state index in [1.54, 1.807) is 0 Å². The van der Waals surface area contributed by atoms with Gasteiger partial charge in [-0.05, 0) is 74.9 Å². The Kier molecular flexibility index (Phi) is 5.16. The van der Waals surface area contributed by atoms with Gasteiger partial charge in [-0.1, -0.05) is 59.7 Å². The lowest BCUT2D eigenvalue weighted by Gasteiger charge is -2.32. The first-order valence-electron chi connectivity index (χ1n) is 11.5. The second kappa shape index (κ2) is 8.04. The highest BCUT2D eigenvalue weighted by Crippen LogP contribution is 2.41. The molecule has 2 heterocycles. The standard InChI is InChI=1S/C29H28N2O2/c1-18-11-13-23(20(3)16-18)26-27(30-15-7-9-22-8-5-6-10-25(22)30)29(33)31(28(26)32)24-14-12-19(2)17-21(24)4/h5-6,8,10-14,16-17H,7,9,15H2,1-4H3. The largest absolute Gasteiger partial charge is 0.336 e. The SMILES string of the molecule is Cc1ccc(C2=C(N3CCCc4ccccc43)C(=O)N(c3ccc(C)cc3C)C2=O)c(C)c1. The van der Waals surface area contributed by atoms with Crippen LogP contribution in [0.25, 0.3) is 5.57 Å². The number of aryl methyl sites for hydroxylation is 5. The number of rotatable bonds is 3. The van der Waals surface area contributed by atoms with Crippen LogP contribution in [-0.4, -0.2) is 18.4 Å². The molecule has 0 aromatic heterocycles. The predicted octanol–water partition coefficient (Wildman–Crippen LogP) is 5.66. The lowest BCUT2D eigenvalue weighted by atomic mass is 9.95. The van der Waals surface area contributed by atoms with Crippen molar-refractivity contribution in [2.45, 2.75) is 40.5 Å². The molecule has 0 spiro atoms. The summed E-state index contributed by atoms with van der Waals surface area (Å²) in [5.41, 5.74) is 8.82. The van der Waals surface area contributed by atoms with E-state index in [9.17, 15) is 9.59 Å². The zero-order valence-corrected chi connectivity index (χ0v) is 19.6. The van der Waals surface area contributed by atoms with Crippen LogP contribution in [0.15, 0.2) is 66.4 Å². The molecule has 0 N–H and O–H groups in total. The minimum atomic E-state index is -0.253. The van der Waals surface area contributed by atoms with Gasteiger partial charge < -0.3 is 4.90 Å². The molecule has 166 valence electrons. The van der Waals surface area contributed by atoms with Gasteiger partial charge in [-0.25, -0.2) is 4.90 Å². The molecule has 3 aromatic carbocycles. The molecule has 0 aliphatic carbocycles. The summed E-state index contributed by atoms with van der Waals surface area (Å²) < 4.78 is 0. The Morgan fingerprint density at radius 2 is 1.42 bits per heavy atom. The number of amides is 2. The number of hydrogen-bond donors (Lipinski definition) is 0. The topological polar surface area (TPSA) is 40.6 Å². The third-order valence-corrected chi connectivity index (χ3v) is 6.68. The molecular formula is C29H28N2O2. The van der Waals surface area contributed by atoms with Crippen molar-refractivity contribution >= 4 is 28.8 Å². The fraction of sp³-hybridized carbons (Fsp3) is 0.241. The Morgan fingerprint density at radius 3 is 2.15 bits per heavy atom. The van der Waals surface area contributed by atoms with Crippen molar-refractivity contribution in [3.8, 4) is 0 Å². The summed E-state index contributed by atoms with van der Waals surface area (Å²) in [5, 5.41) is 0. The quantitative estimate of drug-likeness (QED) is 0.498. The summed E-state index contributed by atoms with van der Waals surface area (Å²) >= 11 is 0. The van der Waals surface area contributed by atoms with Crippen molar-refractivity contribution in [3.63, 3.8) is 0 Å². The van der Waals surface area contributed by atoms with Gasteiger partial charge >= 0.3 is 0 Å². The second-order valence-corrected chi connectivity index (χ2v) is 9.16. The molecule has 2 amide bonds. The Hall–Kier alpha value is -3.66. The van der Waals surface area contributed by atoms with Gasteiger partial charge in [0, 0.05) is 12.2 Å². The van der Waals surface area contributed by atoms with Crippen LogP contribution in [0.5, 0.6) is 0 Å². The van der Waals surface area contributed by atoms with E-state index < -0.39 is 0 Å². The Bertz CT molecular complexity index is 1340. The number of nitrogens with zero attached hydrogens (tertiary/aromatic N) is 2. The monoisotopic (exact) mass is 436 g/mol. The molecule has 2 aliphatic heterocycles. The second-order valence-electron chi connectivity index (χ2n) is 9.16. The van der Waals surface area contributed by atoms with Crippen LogP contribution in [0.4, 0.5) is 11.4 Å². The average molecular weight is 437 g/mol. The van der Waals surface area contributed by atoms with Crippen molar-refractivity contribution in [1.82, 2.24) is 0 Å². The zero-order valence-electron chi connectivity index (χ0n) is 19.6. The van der Waals surface area contributed by atoms with E-state index in [1.165, 1.54) is 10.5 Å². The normalized spacial score (nSPS) is 16.0. The van der Waals surface area contributed by atoms with Crippen LogP contribution in [0, 0.1) is 27.7 Å². The van der Waals surface area contributed by atoms with E-state index in [0.29, 0.717) is 23.5 Å². The predicted molar refractivity (Wildman–Crippen MR) is 133 cm³/mol. The fourth-order valence-electron chi connectivity index (χ4n) is 5.15. The maximum atomic E-state index is 14.0. The Labute approximate surface area is 195 Å². The number of para-hydroxylation sites is 1. The number of carbonyl (C=O) groups excluding carboxylic acids is 2. The van der Waals surface area contributed by atoms with Crippen LogP contribution in [-0.2, 0) is 16.0 Å². The third kappa shape index (κ3) is 3.46. The van der Waals surface area contributed by atoms with Gasteiger partial charge in [-0.3, -0.25) is 9.59 Å². The molecule has 4 nitrogen and oxygen atoms in total. The molecule has 0 unspecified atom stereocenters. The summed E-state index contributed by atoms with van der Waals surface area (Å²) in [4.78, 5) is 31.4. The molecule has 0 saturated heterocycles. The van der Waals surface area contributed by atoms with Crippen LogP contribution in [0.1, 0.15) is 39.8 Å². The summed E-state index contributed by atoms with van der Waals surface area (Å²) in [5.74, 6) is -0.504. The van der Waals surface area contributed by atoms with Crippen LogP contribution in [0.2, 0.25) is 0 Å². The number of anilines is 2. The molecule has 0 fully saturated rings. The first-order chi connectivity index (χ1) is 15.9. The number of benzene rings is 3. The summed E-state index contributed by atoms with van der Waals surface area (Å²) in [7, 11) is 0. The third-order valence-electron chi connectivity index (χ3n) is 6.68. The molecule has 0 saturated carbocycles. The zero-order chi connectivity index (χ0) is 23.3. The van der Waals surface area contributed by atoms with Crippen LogP contribution in [0.3, 0.4) is 0 Å². The molecule has 0 bridgehead atoms. The number of hydrogen-bond acceptors (Lipinski definition) is 3. The molecule has 3 aromatic rings. The summed E-state index contributed by atoms with van der Waals surface area (Å²) in [6.45, 7) is 8.72. The number of fused-ring (bicyclic) bond motifs is 1. The van der Waals surface area contributed by atoms with Crippen molar-refractivity contribution in [2.24, 2.45) is 0 Å². The molecule has 4 heteroatoms. The van der Waals surface area contributed by atoms with E-state index in [0.717, 1.165) is 46.3 Å². The van der Waals surface area contributed by atoms with Gasteiger partial charge in [-0.2, -0.15) is 0 Å². The van der Waals surface area contributed by atoms with E-state index in [-0.39, 0.29) is 11.8 Å². The molecule has 33 heavy (non-hydrogen) atoms. The minimum absolute atomic E-state index is 0.251. The van der Waals surface area contributed by atoms with Crippen molar-refractivity contribution in [2.75, 3.05) is 16.3 Å². The highest BCUT2D eigenvalue weighted by atomic mass is 16.2. The number of carbonyl (C=O) groups is 2. The van der Waals surface area contributed by atoms with E-state index in [4.69, 9.17) is 0 Å². The van der Waals surface area contributed by atoms with Gasteiger partial charge in [0.15, 0.2) is 0 Å². The Balaban J connectivity index is 1.74. The highest BCUT2D eigenvalue weighted by Gasteiger charge is 2.44. The minimum Gasteiger partial charge on any atom is -0.336 e.